The zero-order chi connectivity index (χ0) is 11.0. The van der Waals surface area contributed by atoms with Crippen molar-refractivity contribution in [3.63, 3.8) is 0 Å². The molecule has 2 amide bonds. The van der Waals surface area contributed by atoms with Crippen LogP contribution in [0.1, 0.15) is 13.8 Å². The number of hydrogen-bond donors (Lipinski definition) is 0. The van der Waals surface area contributed by atoms with Gasteiger partial charge in [-0.2, -0.15) is 0 Å². The molecular formula is C11H14N2O2. The highest BCUT2D eigenvalue weighted by Gasteiger charge is 2.46. The van der Waals surface area contributed by atoms with Crippen LogP contribution in [0.25, 0.3) is 0 Å². The molecule has 0 aliphatic carbocycles. The SMILES string of the molecule is CC(C)CN1C(=O)C2C=CN=CC2C1=O. The molecule has 4 heteroatoms. The smallest absolute Gasteiger partial charge is 0.238 e. The fraction of sp³-hybridized carbons (Fsp3) is 0.545. The predicted octanol–water partition coefficient (Wildman–Crippen LogP) is 0.842. The van der Waals surface area contributed by atoms with E-state index >= 15 is 0 Å². The van der Waals surface area contributed by atoms with Crippen LogP contribution in [-0.2, 0) is 9.59 Å². The van der Waals surface area contributed by atoms with Crippen molar-refractivity contribution < 1.29 is 9.59 Å². The Morgan fingerprint density at radius 1 is 1.33 bits per heavy atom. The highest BCUT2D eigenvalue weighted by molar-refractivity contribution is 6.13. The zero-order valence-corrected chi connectivity index (χ0v) is 8.88. The lowest BCUT2D eigenvalue weighted by molar-refractivity contribution is -0.139. The van der Waals surface area contributed by atoms with Crippen LogP contribution in [-0.4, -0.2) is 29.5 Å². The molecule has 0 aromatic rings. The van der Waals surface area contributed by atoms with Gasteiger partial charge in [-0.05, 0) is 5.92 Å². The third kappa shape index (κ3) is 1.60. The molecule has 0 saturated carbocycles. The van der Waals surface area contributed by atoms with Crippen LogP contribution in [0.15, 0.2) is 17.3 Å². The van der Waals surface area contributed by atoms with Crippen LogP contribution in [0.3, 0.4) is 0 Å². The first-order valence-electron chi connectivity index (χ1n) is 5.16. The molecule has 80 valence electrons. The first-order chi connectivity index (χ1) is 7.11. The fourth-order valence-corrected chi connectivity index (χ4v) is 1.96. The van der Waals surface area contributed by atoms with Gasteiger partial charge in [0.25, 0.3) is 0 Å². The Morgan fingerprint density at radius 2 is 2.00 bits per heavy atom. The van der Waals surface area contributed by atoms with E-state index in [4.69, 9.17) is 0 Å². The van der Waals surface area contributed by atoms with E-state index in [9.17, 15) is 9.59 Å². The monoisotopic (exact) mass is 206 g/mol. The van der Waals surface area contributed by atoms with Crippen LogP contribution in [0.2, 0.25) is 0 Å². The second-order valence-corrected chi connectivity index (χ2v) is 4.37. The summed E-state index contributed by atoms with van der Waals surface area (Å²) in [6.07, 6.45) is 4.88. The summed E-state index contributed by atoms with van der Waals surface area (Å²) >= 11 is 0. The van der Waals surface area contributed by atoms with Crippen molar-refractivity contribution in [2.75, 3.05) is 6.54 Å². The first kappa shape index (κ1) is 10.1. The largest absolute Gasteiger partial charge is 0.281 e. The van der Waals surface area contributed by atoms with Crippen LogP contribution >= 0.6 is 0 Å². The highest BCUT2D eigenvalue weighted by Crippen LogP contribution is 2.28. The van der Waals surface area contributed by atoms with E-state index in [-0.39, 0.29) is 23.7 Å². The summed E-state index contributed by atoms with van der Waals surface area (Å²) < 4.78 is 0. The Bertz CT molecular complexity index is 328. The van der Waals surface area contributed by atoms with Gasteiger partial charge in [0.2, 0.25) is 11.8 Å². The van der Waals surface area contributed by atoms with E-state index in [1.165, 1.54) is 4.90 Å². The van der Waals surface area contributed by atoms with E-state index < -0.39 is 0 Å². The van der Waals surface area contributed by atoms with Gasteiger partial charge in [-0.1, -0.05) is 19.9 Å². The number of carbonyl (C=O) groups is 2. The lowest BCUT2D eigenvalue weighted by Crippen LogP contribution is -2.34. The average molecular weight is 206 g/mol. The number of imide groups is 1. The Labute approximate surface area is 88.7 Å². The molecule has 1 fully saturated rings. The van der Waals surface area contributed by atoms with Crippen molar-refractivity contribution in [2.45, 2.75) is 13.8 Å². The minimum absolute atomic E-state index is 0.0823. The van der Waals surface area contributed by atoms with Crippen molar-refractivity contribution in [3.8, 4) is 0 Å². The third-order valence-corrected chi connectivity index (χ3v) is 2.66. The van der Waals surface area contributed by atoms with Crippen molar-refractivity contribution in [1.82, 2.24) is 4.90 Å². The minimum atomic E-state index is -0.360. The Hall–Kier alpha value is -1.45. The summed E-state index contributed by atoms with van der Waals surface area (Å²) in [4.78, 5) is 29.0. The summed E-state index contributed by atoms with van der Waals surface area (Å²) in [6.45, 7) is 4.49. The number of hydrogen-bond acceptors (Lipinski definition) is 3. The molecule has 2 unspecified atom stereocenters. The lowest BCUT2D eigenvalue weighted by Gasteiger charge is -2.16. The zero-order valence-electron chi connectivity index (χ0n) is 8.88. The third-order valence-electron chi connectivity index (χ3n) is 2.66. The van der Waals surface area contributed by atoms with E-state index in [0.717, 1.165) is 0 Å². The summed E-state index contributed by atoms with van der Waals surface area (Å²) in [5.41, 5.74) is 0. The fourth-order valence-electron chi connectivity index (χ4n) is 1.96. The lowest BCUT2D eigenvalue weighted by atomic mass is 9.95. The summed E-state index contributed by atoms with van der Waals surface area (Å²) in [6, 6.07) is 0. The van der Waals surface area contributed by atoms with E-state index in [0.29, 0.717) is 12.5 Å². The second kappa shape index (κ2) is 3.61. The number of aliphatic imine (C=N–C) groups is 1. The van der Waals surface area contributed by atoms with E-state index in [2.05, 4.69) is 4.99 Å². The van der Waals surface area contributed by atoms with Crippen molar-refractivity contribution in [3.05, 3.63) is 12.3 Å². The molecule has 2 heterocycles. The standard InChI is InChI=1S/C11H14N2O2/c1-7(2)6-13-10(14)8-3-4-12-5-9(8)11(13)15/h3-5,7-9H,6H2,1-2H3. The molecule has 0 N–H and O–H groups in total. The number of amides is 2. The van der Waals surface area contributed by atoms with Crippen LogP contribution < -0.4 is 0 Å². The number of carbonyl (C=O) groups excluding carboxylic acids is 2. The quantitative estimate of drug-likeness (QED) is 0.629. The van der Waals surface area contributed by atoms with Gasteiger partial charge >= 0.3 is 0 Å². The molecule has 2 aliphatic rings. The first-order valence-corrected chi connectivity index (χ1v) is 5.16. The van der Waals surface area contributed by atoms with Gasteiger partial charge in [0.05, 0.1) is 11.8 Å². The summed E-state index contributed by atoms with van der Waals surface area (Å²) in [7, 11) is 0. The van der Waals surface area contributed by atoms with E-state index in [1.54, 1.807) is 18.5 Å². The topological polar surface area (TPSA) is 49.7 Å². The molecule has 0 bridgehead atoms. The van der Waals surface area contributed by atoms with Gasteiger partial charge in [-0.15, -0.1) is 0 Å². The van der Waals surface area contributed by atoms with Crippen molar-refractivity contribution in [1.29, 1.82) is 0 Å². The summed E-state index contributed by atoms with van der Waals surface area (Å²) in [5, 5.41) is 0. The molecule has 2 rings (SSSR count). The Morgan fingerprint density at radius 3 is 2.60 bits per heavy atom. The predicted molar refractivity (Wildman–Crippen MR) is 56.2 cm³/mol. The molecule has 2 atom stereocenters. The molecule has 1 saturated heterocycles. The van der Waals surface area contributed by atoms with Gasteiger partial charge in [0.15, 0.2) is 0 Å². The van der Waals surface area contributed by atoms with E-state index in [1.807, 2.05) is 13.8 Å². The molecule has 4 nitrogen and oxygen atoms in total. The van der Waals surface area contributed by atoms with Gasteiger partial charge in [-0.3, -0.25) is 19.5 Å². The molecule has 15 heavy (non-hydrogen) atoms. The molecule has 0 radical (unpaired) electrons. The van der Waals surface area contributed by atoms with Gasteiger partial charge < -0.3 is 0 Å². The average Bonchev–Trinajstić information content (AvgIpc) is 2.44. The van der Waals surface area contributed by atoms with Crippen LogP contribution in [0, 0.1) is 17.8 Å². The molecule has 0 aromatic heterocycles. The van der Waals surface area contributed by atoms with Crippen molar-refractivity contribution in [2.24, 2.45) is 22.7 Å². The maximum atomic E-state index is 11.9. The maximum Gasteiger partial charge on any atom is 0.238 e. The van der Waals surface area contributed by atoms with Gasteiger partial charge in [0.1, 0.15) is 0 Å². The molecule has 0 aromatic carbocycles. The maximum absolute atomic E-state index is 11.9. The minimum Gasteiger partial charge on any atom is -0.281 e. The number of fused-ring (bicyclic) bond motifs is 1. The summed E-state index contributed by atoms with van der Waals surface area (Å²) in [5.74, 6) is -0.554. The molecule has 0 spiro atoms. The Kier molecular flexibility index (Phi) is 2.42. The van der Waals surface area contributed by atoms with Crippen molar-refractivity contribution >= 4 is 18.0 Å². The number of nitrogens with zero attached hydrogens (tertiary/aromatic N) is 2. The number of likely N-dealkylation sites (tertiary alicyclic amines) is 1. The molecular weight excluding hydrogens is 192 g/mol. The Balaban J connectivity index is 2.23. The van der Waals surface area contributed by atoms with Crippen LogP contribution in [0.4, 0.5) is 0 Å². The number of rotatable bonds is 2. The normalized spacial score (nSPS) is 29.1. The molecule has 2 aliphatic heterocycles. The van der Waals surface area contributed by atoms with Gasteiger partial charge in [-0.25, -0.2) is 0 Å². The van der Waals surface area contributed by atoms with Crippen LogP contribution in [0.5, 0.6) is 0 Å². The highest BCUT2D eigenvalue weighted by atomic mass is 16.2. The second-order valence-electron chi connectivity index (χ2n) is 4.37. The van der Waals surface area contributed by atoms with Gasteiger partial charge in [0, 0.05) is 19.0 Å².